The fourth-order valence-electron chi connectivity index (χ4n) is 2.09. The molecule has 17 heavy (non-hydrogen) atoms. The van der Waals surface area contributed by atoms with E-state index in [2.05, 4.69) is 24.4 Å². The molecule has 2 aromatic heterocycles. The standard InChI is InChI=1S/C11H12ClN5/c1-8-10(12)14-7-15-11(8)17-5-4-16-3-2-13-9(16)6-17/h2-3,7H,4-6H2,1H3. The predicted molar refractivity (Wildman–Crippen MR) is 65.1 cm³/mol. The van der Waals surface area contributed by atoms with Crippen molar-refractivity contribution in [2.45, 2.75) is 20.0 Å². The van der Waals surface area contributed by atoms with Crippen molar-refractivity contribution in [3.63, 3.8) is 0 Å². The molecule has 0 spiro atoms. The lowest BCUT2D eigenvalue weighted by Crippen LogP contribution is -2.34. The summed E-state index contributed by atoms with van der Waals surface area (Å²) in [4.78, 5) is 14.8. The fourth-order valence-corrected chi connectivity index (χ4v) is 2.22. The van der Waals surface area contributed by atoms with E-state index in [9.17, 15) is 0 Å². The van der Waals surface area contributed by atoms with E-state index in [1.807, 2.05) is 19.3 Å². The summed E-state index contributed by atoms with van der Waals surface area (Å²) in [7, 11) is 0. The van der Waals surface area contributed by atoms with E-state index in [-0.39, 0.29) is 0 Å². The molecule has 0 aromatic carbocycles. The van der Waals surface area contributed by atoms with Crippen molar-refractivity contribution in [2.75, 3.05) is 11.4 Å². The molecule has 1 aliphatic heterocycles. The zero-order valence-electron chi connectivity index (χ0n) is 9.47. The molecule has 0 saturated carbocycles. The highest BCUT2D eigenvalue weighted by Gasteiger charge is 2.20. The number of halogens is 1. The van der Waals surface area contributed by atoms with Crippen LogP contribution in [0.15, 0.2) is 18.7 Å². The van der Waals surface area contributed by atoms with Crippen molar-refractivity contribution in [3.05, 3.63) is 35.3 Å². The molecule has 0 unspecified atom stereocenters. The molecule has 5 nitrogen and oxygen atoms in total. The highest BCUT2D eigenvalue weighted by atomic mass is 35.5. The summed E-state index contributed by atoms with van der Waals surface area (Å²) in [5.74, 6) is 1.96. The molecular weight excluding hydrogens is 238 g/mol. The molecule has 0 radical (unpaired) electrons. The Kier molecular flexibility index (Phi) is 2.48. The summed E-state index contributed by atoms with van der Waals surface area (Å²) in [5.41, 5.74) is 0.925. The SMILES string of the molecule is Cc1c(Cl)ncnc1N1CCn2ccnc2C1. The molecule has 0 saturated heterocycles. The second-order valence-corrected chi connectivity index (χ2v) is 4.43. The van der Waals surface area contributed by atoms with E-state index in [1.54, 1.807) is 0 Å². The van der Waals surface area contributed by atoms with Crippen molar-refractivity contribution < 1.29 is 0 Å². The Hall–Kier alpha value is -1.62. The van der Waals surface area contributed by atoms with Crippen LogP contribution in [-0.4, -0.2) is 26.1 Å². The molecule has 0 atom stereocenters. The third kappa shape index (κ3) is 1.76. The van der Waals surface area contributed by atoms with Crippen molar-refractivity contribution in [2.24, 2.45) is 0 Å². The Balaban J connectivity index is 1.94. The number of aromatic nitrogens is 4. The van der Waals surface area contributed by atoms with Crippen LogP contribution in [0.5, 0.6) is 0 Å². The number of fused-ring (bicyclic) bond motifs is 1. The molecule has 0 bridgehead atoms. The summed E-state index contributed by atoms with van der Waals surface area (Å²) < 4.78 is 2.16. The number of rotatable bonds is 1. The first-order valence-corrected chi connectivity index (χ1v) is 5.85. The number of nitrogens with zero attached hydrogens (tertiary/aromatic N) is 5. The van der Waals surface area contributed by atoms with Crippen LogP contribution in [0.25, 0.3) is 0 Å². The van der Waals surface area contributed by atoms with E-state index in [0.717, 1.165) is 36.8 Å². The molecule has 0 fully saturated rings. The number of hydrogen-bond donors (Lipinski definition) is 0. The van der Waals surface area contributed by atoms with E-state index in [0.29, 0.717) is 5.15 Å². The van der Waals surface area contributed by atoms with Crippen LogP contribution in [-0.2, 0) is 13.1 Å². The van der Waals surface area contributed by atoms with Gasteiger partial charge in [0.05, 0.1) is 6.54 Å². The van der Waals surface area contributed by atoms with Gasteiger partial charge in [-0.1, -0.05) is 11.6 Å². The Morgan fingerprint density at radius 2 is 2.12 bits per heavy atom. The maximum absolute atomic E-state index is 6.01. The highest BCUT2D eigenvalue weighted by Crippen LogP contribution is 2.24. The second kappa shape index (κ2) is 4.00. The van der Waals surface area contributed by atoms with Crippen LogP contribution >= 0.6 is 11.6 Å². The van der Waals surface area contributed by atoms with Gasteiger partial charge < -0.3 is 9.47 Å². The summed E-state index contributed by atoms with van der Waals surface area (Å²) in [6.07, 6.45) is 5.34. The lowest BCUT2D eigenvalue weighted by Gasteiger charge is -2.29. The van der Waals surface area contributed by atoms with Gasteiger partial charge in [0.1, 0.15) is 23.1 Å². The van der Waals surface area contributed by atoms with Crippen LogP contribution < -0.4 is 4.90 Å². The first kappa shape index (κ1) is 10.5. The monoisotopic (exact) mass is 249 g/mol. The normalized spacial score (nSPS) is 14.8. The van der Waals surface area contributed by atoms with Crippen molar-refractivity contribution in [1.82, 2.24) is 19.5 Å². The van der Waals surface area contributed by atoms with Gasteiger partial charge in [-0.2, -0.15) is 0 Å². The fraction of sp³-hybridized carbons (Fsp3) is 0.364. The summed E-state index contributed by atoms with van der Waals surface area (Å²) in [5, 5.41) is 0.518. The summed E-state index contributed by atoms with van der Waals surface area (Å²) >= 11 is 6.01. The Morgan fingerprint density at radius 3 is 3.00 bits per heavy atom. The first-order chi connectivity index (χ1) is 8.25. The summed E-state index contributed by atoms with van der Waals surface area (Å²) in [6, 6.07) is 0. The van der Waals surface area contributed by atoms with E-state index < -0.39 is 0 Å². The number of anilines is 1. The molecule has 0 aliphatic carbocycles. The topological polar surface area (TPSA) is 46.8 Å². The number of hydrogen-bond acceptors (Lipinski definition) is 4. The minimum Gasteiger partial charge on any atom is -0.347 e. The molecule has 0 amide bonds. The van der Waals surface area contributed by atoms with Crippen LogP contribution in [0.4, 0.5) is 5.82 Å². The molecular formula is C11H12ClN5. The largest absolute Gasteiger partial charge is 0.347 e. The lowest BCUT2D eigenvalue weighted by atomic mass is 10.3. The predicted octanol–water partition coefficient (Wildman–Crippen LogP) is 1.66. The quantitative estimate of drug-likeness (QED) is 0.721. The van der Waals surface area contributed by atoms with Crippen LogP contribution in [0, 0.1) is 6.92 Å². The zero-order valence-corrected chi connectivity index (χ0v) is 10.2. The molecule has 0 N–H and O–H groups in total. The molecule has 6 heteroatoms. The number of imidazole rings is 1. The van der Waals surface area contributed by atoms with Crippen LogP contribution in [0.1, 0.15) is 11.4 Å². The van der Waals surface area contributed by atoms with Crippen LogP contribution in [0.3, 0.4) is 0 Å². The maximum atomic E-state index is 6.01. The molecule has 1 aliphatic rings. The van der Waals surface area contributed by atoms with Gasteiger partial charge in [0.2, 0.25) is 0 Å². The van der Waals surface area contributed by atoms with Crippen molar-refractivity contribution in [3.8, 4) is 0 Å². The minimum atomic E-state index is 0.518. The third-order valence-corrected chi connectivity index (χ3v) is 3.42. The lowest BCUT2D eigenvalue weighted by molar-refractivity contribution is 0.555. The molecule has 3 heterocycles. The third-order valence-electron chi connectivity index (χ3n) is 3.04. The first-order valence-electron chi connectivity index (χ1n) is 5.48. The van der Waals surface area contributed by atoms with Crippen LogP contribution in [0.2, 0.25) is 5.15 Å². The Bertz CT molecular complexity index is 551. The Labute approximate surface area is 104 Å². The van der Waals surface area contributed by atoms with Crippen molar-refractivity contribution >= 4 is 17.4 Å². The second-order valence-electron chi connectivity index (χ2n) is 4.07. The molecule has 2 aromatic rings. The zero-order chi connectivity index (χ0) is 11.8. The van der Waals surface area contributed by atoms with Crippen molar-refractivity contribution in [1.29, 1.82) is 0 Å². The van der Waals surface area contributed by atoms with E-state index in [1.165, 1.54) is 6.33 Å². The van der Waals surface area contributed by atoms with Gasteiger partial charge in [-0.25, -0.2) is 15.0 Å². The summed E-state index contributed by atoms with van der Waals surface area (Å²) in [6.45, 7) is 4.55. The average Bonchev–Trinajstić information content (AvgIpc) is 2.79. The molecule has 88 valence electrons. The van der Waals surface area contributed by atoms with E-state index in [4.69, 9.17) is 11.6 Å². The van der Waals surface area contributed by atoms with Gasteiger partial charge in [-0.05, 0) is 6.92 Å². The minimum absolute atomic E-state index is 0.518. The highest BCUT2D eigenvalue weighted by molar-refractivity contribution is 6.30. The smallest absolute Gasteiger partial charge is 0.137 e. The molecule has 3 rings (SSSR count). The van der Waals surface area contributed by atoms with Gasteiger partial charge in [0.25, 0.3) is 0 Å². The van der Waals surface area contributed by atoms with Gasteiger partial charge in [0, 0.05) is 31.0 Å². The Morgan fingerprint density at radius 1 is 1.24 bits per heavy atom. The van der Waals surface area contributed by atoms with E-state index >= 15 is 0 Å². The van der Waals surface area contributed by atoms with Gasteiger partial charge in [-0.3, -0.25) is 0 Å². The van der Waals surface area contributed by atoms with Gasteiger partial charge in [-0.15, -0.1) is 0 Å². The van der Waals surface area contributed by atoms with Gasteiger partial charge in [0.15, 0.2) is 0 Å². The average molecular weight is 250 g/mol. The maximum Gasteiger partial charge on any atom is 0.137 e. The van der Waals surface area contributed by atoms with Gasteiger partial charge >= 0.3 is 0 Å².